The minimum Gasteiger partial charge on any atom is -0.361 e. The average Bonchev–Trinajstić information content (AvgIpc) is 2.34. The van der Waals surface area contributed by atoms with Crippen molar-refractivity contribution in [1.29, 1.82) is 0 Å². The first kappa shape index (κ1) is 10.3. The molecule has 74 valence electrons. The van der Waals surface area contributed by atoms with Crippen molar-refractivity contribution in [2.75, 3.05) is 0 Å². The SMILES string of the molecule is Cc1cc(C(C(C)C)C(C)C)on1. The molecule has 1 heterocycles. The van der Waals surface area contributed by atoms with Crippen molar-refractivity contribution in [3.05, 3.63) is 17.5 Å². The Balaban J connectivity index is 2.88. The maximum Gasteiger partial charge on any atom is 0.140 e. The van der Waals surface area contributed by atoms with Crippen LogP contribution in [0.25, 0.3) is 0 Å². The van der Waals surface area contributed by atoms with Crippen LogP contribution in [0, 0.1) is 18.8 Å². The van der Waals surface area contributed by atoms with Gasteiger partial charge in [-0.3, -0.25) is 0 Å². The molecule has 0 N–H and O–H groups in total. The van der Waals surface area contributed by atoms with E-state index in [0.29, 0.717) is 17.8 Å². The normalized spacial score (nSPS) is 12.0. The standard InChI is InChI=1S/C11H19NO/c1-7(2)11(8(3)4)10-6-9(5)12-13-10/h6-8,11H,1-5H3. The summed E-state index contributed by atoms with van der Waals surface area (Å²) in [5.41, 5.74) is 0.973. The Bertz CT molecular complexity index is 255. The lowest BCUT2D eigenvalue weighted by Gasteiger charge is -2.21. The molecular formula is C11H19NO. The molecule has 1 rings (SSSR count). The van der Waals surface area contributed by atoms with Gasteiger partial charge in [-0.15, -0.1) is 0 Å². The first-order chi connectivity index (χ1) is 6.02. The van der Waals surface area contributed by atoms with E-state index >= 15 is 0 Å². The van der Waals surface area contributed by atoms with Crippen LogP contribution in [0.2, 0.25) is 0 Å². The Morgan fingerprint density at radius 1 is 1.15 bits per heavy atom. The Hall–Kier alpha value is -0.790. The molecule has 0 aliphatic heterocycles. The molecule has 2 heteroatoms. The molecule has 0 fully saturated rings. The fourth-order valence-electron chi connectivity index (χ4n) is 1.97. The molecule has 0 saturated heterocycles. The average molecular weight is 181 g/mol. The van der Waals surface area contributed by atoms with Gasteiger partial charge >= 0.3 is 0 Å². The predicted octanol–water partition coefficient (Wildman–Crippen LogP) is 3.38. The number of aromatic nitrogens is 1. The highest BCUT2D eigenvalue weighted by Crippen LogP contribution is 2.31. The van der Waals surface area contributed by atoms with Crippen molar-refractivity contribution in [2.45, 2.75) is 40.5 Å². The van der Waals surface area contributed by atoms with E-state index in [1.54, 1.807) is 0 Å². The van der Waals surface area contributed by atoms with Gasteiger partial charge in [-0.05, 0) is 18.8 Å². The molecule has 0 aliphatic rings. The molecule has 0 aliphatic carbocycles. The summed E-state index contributed by atoms with van der Waals surface area (Å²) in [7, 11) is 0. The third-order valence-corrected chi connectivity index (χ3v) is 2.41. The van der Waals surface area contributed by atoms with E-state index in [1.807, 2.05) is 13.0 Å². The van der Waals surface area contributed by atoms with Crippen LogP contribution in [-0.2, 0) is 0 Å². The van der Waals surface area contributed by atoms with E-state index in [0.717, 1.165) is 11.5 Å². The lowest BCUT2D eigenvalue weighted by molar-refractivity contribution is 0.285. The van der Waals surface area contributed by atoms with Crippen LogP contribution in [0.1, 0.15) is 45.1 Å². The molecule has 2 nitrogen and oxygen atoms in total. The summed E-state index contributed by atoms with van der Waals surface area (Å²) >= 11 is 0. The fraction of sp³-hybridized carbons (Fsp3) is 0.727. The number of rotatable bonds is 3. The summed E-state index contributed by atoms with van der Waals surface area (Å²) in [5.74, 6) is 2.73. The maximum absolute atomic E-state index is 5.30. The molecule has 13 heavy (non-hydrogen) atoms. The molecule has 0 aromatic carbocycles. The number of aryl methyl sites for hydroxylation is 1. The number of nitrogens with zero attached hydrogens (tertiary/aromatic N) is 1. The monoisotopic (exact) mass is 181 g/mol. The second kappa shape index (κ2) is 3.95. The van der Waals surface area contributed by atoms with Crippen LogP contribution in [0.4, 0.5) is 0 Å². The van der Waals surface area contributed by atoms with Crippen LogP contribution in [0.15, 0.2) is 10.6 Å². The first-order valence-electron chi connectivity index (χ1n) is 4.95. The van der Waals surface area contributed by atoms with Crippen molar-refractivity contribution in [2.24, 2.45) is 11.8 Å². The molecule has 1 aromatic rings. The fourth-order valence-corrected chi connectivity index (χ4v) is 1.97. The van der Waals surface area contributed by atoms with Gasteiger partial charge in [-0.25, -0.2) is 0 Å². The lowest BCUT2D eigenvalue weighted by atomic mass is 9.83. The summed E-state index contributed by atoms with van der Waals surface area (Å²) in [5, 5.41) is 3.93. The first-order valence-corrected chi connectivity index (χ1v) is 4.95. The zero-order chi connectivity index (χ0) is 10.0. The van der Waals surface area contributed by atoms with E-state index in [2.05, 4.69) is 32.9 Å². The second-order valence-electron chi connectivity index (χ2n) is 4.38. The Morgan fingerprint density at radius 2 is 1.69 bits per heavy atom. The van der Waals surface area contributed by atoms with Crippen LogP contribution >= 0.6 is 0 Å². The van der Waals surface area contributed by atoms with Gasteiger partial charge in [0.15, 0.2) is 0 Å². The predicted molar refractivity (Wildman–Crippen MR) is 53.7 cm³/mol. The van der Waals surface area contributed by atoms with E-state index in [1.165, 1.54) is 0 Å². The van der Waals surface area contributed by atoms with Gasteiger partial charge in [0.1, 0.15) is 5.76 Å². The second-order valence-corrected chi connectivity index (χ2v) is 4.38. The van der Waals surface area contributed by atoms with Gasteiger partial charge in [0.25, 0.3) is 0 Å². The molecule has 0 saturated carbocycles. The maximum atomic E-state index is 5.30. The lowest BCUT2D eigenvalue weighted by Crippen LogP contribution is -2.12. The molecule has 1 aromatic heterocycles. The molecular weight excluding hydrogens is 162 g/mol. The molecule has 0 amide bonds. The third kappa shape index (κ3) is 2.33. The molecule has 0 radical (unpaired) electrons. The van der Waals surface area contributed by atoms with Crippen molar-refractivity contribution in [3.8, 4) is 0 Å². The van der Waals surface area contributed by atoms with Gasteiger partial charge < -0.3 is 4.52 Å². The minimum absolute atomic E-state index is 0.487. The molecule has 0 bridgehead atoms. The van der Waals surface area contributed by atoms with E-state index < -0.39 is 0 Å². The van der Waals surface area contributed by atoms with Crippen molar-refractivity contribution in [3.63, 3.8) is 0 Å². The van der Waals surface area contributed by atoms with Gasteiger partial charge in [-0.2, -0.15) is 0 Å². The van der Waals surface area contributed by atoms with Crippen LogP contribution in [0.3, 0.4) is 0 Å². The summed E-state index contributed by atoms with van der Waals surface area (Å²) in [6, 6.07) is 2.05. The quantitative estimate of drug-likeness (QED) is 0.714. The highest BCUT2D eigenvalue weighted by atomic mass is 16.5. The Kier molecular flexibility index (Phi) is 3.12. The largest absolute Gasteiger partial charge is 0.361 e. The van der Waals surface area contributed by atoms with Gasteiger partial charge in [0.2, 0.25) is 0 Å². The highest BCUT2D eigenvalue weighted by molar-refractivity contribution is 5.09. The minimum atomic E-state index is 0.487. The zero-order valence-electron chi connectivity index (χ0n) is 9.16. The van der Waals surface area contributed by atoms with Crippen molar-refractivity contribution in [1.82, 2.24) is 5.16 Å². The van der Waals surface area contributed by atoms with Crippen LogP contribution < -0.4 is 0 Å². The summed E-state index contributed by atoms with van der Waals surface area (Å²) < 4.78 is 5.30. The van der Waals surface area contributed by atoms with Crippen molar-refractivity contribution < 1.29 is 4.52 Å². The van der Waals surface area contributed by atoms with Crippen LogP contribution in [-0.4, -0.2) is 5.16 Å². The van der Waals surface area contributed by atoms with E-state index in [4.69, 9.17) is 4.52 Å². The molecule has 0 spiro atoms. The van der Waals surface area contributed by atoms with Crippen molar-refractivity contribution >= 4 is 0 Å². The molecule has 0 atom stereocenters. The van der Waals surface area contributed by atoms with E-state index in [9.17, 15) is 0 Å². The third-order valence-electron chi connectivity index (χ3n) is 2.41. The topological polar surface area (TPSA) is 26.0 Å². The zero-order valence-corrected chi connectivity index (χ0v) is 9.16. The van der Waals surface area contributed by atoms with Gasteiger partial charge in [-0.1, -0.05) is 32.9 Å². The molecule has 0 unspecified atom stereocenters. The number of hydrogen-bond acceptors (Lipinski definition) is 2. The Morgan fingerprint density at radius 3 is 2.00 bits per heavy atom. The van der Waals surface area contributed by atoms with E-state index in [-0.39, 0.29) is 0 Å². The summed E-state index contributed by atoms with van der Waals surface area (Å²) in [4.78, 5) is 0. The summed E-state index contributed by atoms with van der Waals surface area (Å²) in [6.07, 6.45) is 0. The van der Waals surface area contributed by atoms with Crippen LogP contribution in [0.5, 0.6) is 0 Å². The summed E-state index contributed by atoms with van der Waals surface area (Å²) in [6.45, 7) is 10.9. The van der Waals surface area contributed by atoms with Gasteiger partial charge in [0, 0.05) is 12.0 Å². The van der Waals surface area contributed by atoms with Gasteiger partial charge in [0.05, 0.1) is 5.69 Å². The smallest absolute Gasteiger partial charge is 0.140 e. The Labute approximate surface area is 80.3 Å². The highest BCUT2D eigenvalue weighted by Gasteiger charge is 2.23. The number of hydrogen-bond donors (Lipinski definition) is 0.